The molecule has 0 aliphatic heterocycles. The lowest BCUT2D eigenvalue weighted by Gasteiger charge is -2.34. The smallest absolute Gasteiger partial charge is 0.161 e. The molecule has 4 rings (SSSR count). The summed E-state index contributed by atoms with van der Waals surface area (Å²) in [6.07, 6.45) is 0. The van der Waals surface area contributed by atoms with E-state index < -0.39 is 12.9 Å². The number of benzene rings is 4. The van der Waals surface area contributed by atoms with Gasteiger partial charge in [0.25, 0.3) is 0 Å². The van der Waals surface area contributed by atoms with E-state index in [4.69, 9.17) is 0 Å². The molecule has 4 aromatic rings. The highest BCUT2D eigenvalue weighted by Gasteiger charge is 2.66. The van der Waals surface area contributed by atoms with Gasteiger partial charge >= 0.3 is 5.66 Å². The molecular weight excluding hydrogens is 381 g/mol. The number of hydrogen-bond acceptors (Lipinski definition) is 0. The first-order valence-electron chi connectivity index (χ1n) is 9.58. The summed E-state index contributed by atoms with van der Waals surface area (Å²) in [7, 11) is -3.33. The number of alkyl halides is 2. The lowest BCUT2D eigenvalue weighted by molar-refractivity contribution is 0.0970. The van der Waals surface area contributed by atoms with Crippen molar-refractivity contribution >= 4 is 23.2 Å². The fourth-order valence-electron chi connectivity index (χ4n) is 3.84. The Morgan fingerprint density at radius 2 is 0.862 bits per heavy atom. The summed E-state index contributed by atoms with van der Waals surface area (Å²) in [6, 6.07) is 34.4. The number of aryl methyl sites for hydroxylation is 1. The SMILES string of the molecule is Cc1ccc(C(F)(F)[P+](c2ccccc2)(c2ccccc2)c2ccccc2)cc1. The molecule has 3 heteroatoms. The van der Waals surface area contributed by atoms with E-state index in [1.165, 1.54) is 0 Å². The predicted molar refractivity (Wildman–Crippen MR) is 120 cm³/mol. The van der Waals surface area contributed by atoms with Gasteiger partial charge in [0, 0.05) is 0 Å². The molecule has 0 saturated carbocycles. The van der Waals surface area contributed by atoms with Crippen molar-refractivity contribution in [3.63, 3.8) is 0 Å². The maximum Gasteiger partial charge on any atom is 0.393 e. The molecule has 0 aromatic heterocycles. The van der Waals surface area contributed by atoms with Crippen molar-refractivity contribution in [2.75, 3.05) is 0 Å². The van der Waals surface area contributed by atoms with Crippen molar-refractivity contribution in [1.29, 1.82) is 0 Å². The van der Waals surface area contributed by atoms with Crippen LogP contribution in [0.4, 0.5) is 8.78 Å². The van der Waals surface area contributed by atoms with Crippen LogP contribution in [0.3, 0.4) is 0 Å². The summed E-state index contributed by atoms with van der Waals surface area (Å²) < 4.78 is 33.4. The van der Waals surface area contributed by atoms with Gasteiger partial charge in [-0.2, -0.15) is 8.78 Å². The molecule has 0 unspecified atom stereocenters. The molecule has 0 fully saturated rings. The average Bonchev–Trinajstić information content (AvgIpc) is 2.77. The molecule has 0 bridgehead atoms. The Morgan fingerprint density at radius 3 is 1.21 bits per heavy atom. The summed E-state index contributed by atoms with van der Waals surface area (Å²) in [4.78, 5) is 0. The molecule has 0 radical (unpaired) electrons. The van der Waals surface area contributed by atoms with Crippen molar-refractivity contribution in [3.05, 3.63) is 126 Å². The molecule has 0 N–H and O–H groups in total. The fourth-order valence-corrected chi connectivity index (χ4v) is 8.10. The van der Waals surface area contributed by atoms with Crippen LogP contribution >= 0.6 is 7.26 Å². The van der Waals surface area contributed by atoms with Crippen LogP contribution in [-0.4, -0.2) is 0 Å². The minimum absolute atomic E-state index is 0.0491. The molecule has 29 heavy (non-hydrogen) atoms. The first kappa shape index (κ1) is 19.5. The van der Waals surface area contributed by atoms with E-state index in [2.05, 4.69) is 0 Å². The topological polar surface area (TPSA) is 0 Å². The summed E-state index contributed by atoms with van der Waals surface area (Å²) in [5.74, 6) is 0. The average molecular weight is 403 g/mol. The van der Waals surface area contributed by atoms with Crippen molar-refractivity contribution in [2.24, 2.45) is 0 Å². The Morgan fingerprint density at radius 1 is 0.517 bits per heavy atom. The molecule has 0 aliphatic carbocycles. The predicted octanol–water partition coefficient (Wildman–Crippen LogP) is 6.04. The lowest BCUT2D eigenvalue weighted by Crippen LogP contribution is -2.41. The van der Waals surface area contributed by atoms with E-state index in [1.807, 2.05) is 97.9 Å². The second-order valence-corrected chi connectivity index (χ2v) is 10.5. The van der Waals surface area contributed by atoms with Crippen LogP contribution in [0.25, 0.3) is 0 Å². The minimum atomic E-state index is -3.33. The maximum absolute atomic E-state index is 16.7. The lowest BCUT2D eigenvalue weighted by atomic mass is 10.1. The van der Waals surface area contributed by atoms with Gasteiger partial charge in [-0.3, -0.25) is 0 Å². The second-order valence-electron chi connectivity index (χ2n) is 7.08. The maximum atomic E-state index is 16.7. The molecule has 4 aromatic carbocycles. The molecule has 0 heterocycles. The van der Waals surface area contributed by atoms with Crippen LogP contribution in [0.1, 0.15) is 11.1 Å². The standard InChI is InChI=1S/C26H22F2P/c1-21-17-19-22(20-18-21)26(27,28)29(23-11-5-2-6-12-23,24-13-7-3-8-14-24)25-15-9-4-10-16-25/h2-20H,1H3/q+1. The Hall–Kier alpha value is -2.83. The largest absolute Gasteiger partial charge is 0.393 e. The zero-order valence-corrected chi connectivity index (χ0v) is 17.1. The Kier molecular flexibility index (Phi) is 5.30. The highest BCUT2D eigenvalue weighted by Crippen LogP contribution is 2.71. The number of rotatable bonds is 5. The van der Waals surface area contributed by atoms with E-state index in [1.54, 1.807) is 24.3 Å². The van der Waals surface area contributed by atoms with E-state index >= 15 is 8.78 Å². The van der Waals surface area contributed by atoms with Crippen LogP contribution in [-0.2, 0) is 5.66 Å². The number of hydrogen-bond donors (Lipinski definition) is 0. The number of halogens is 2. The van der Waals surface area contributed by atoms with Gasteiger partial charge in [-0.25, -0.2) is 0 Å². The first-order chi connectivity index (χ1) is 14.1. The third-order valence-electron chi connectivity index (χ3n) is 5.25. The van der Waals surface area contributed by atoms with Gasteiger partial charge in [-0.15, -0.1) is 0 Å². The summed E-state index contributed by atoms with van der Waals surface area (Å²) in [6.45, 7) is 1.91. The third kappa shape index (κ3) is 3.28. The van der Waals surface area contributed by atoms with Crippen LogP contribution in [0.15, 0.2) is 115 Å². The van der Waals surface area contributed by atoms with E-state index in [0.717, 1.165) is 5.56 Å². The molecular formula is C26H22F2P+. The van der Waals surface area contributed by atoms with E-state index in [0.29, 0.717) is 15.9 Å². The van der Waals surface area contributed by atoms with Gasteiger partial charge in [0.2, 0.25) is 0 Å². The summed E-state index contributed by atoms with van der Waals surface area (Å²) in [5.41, 5.74) is -2.06. The summed E-state index contributed by atoms with van der Waals surface area (Å²) in [5, 5.41) is 2.01. The van der Waals surface area contributed by atoms with Crippen LogP contribution in [0.2, 0.25) is 0 Å². The highest BCUT2D eigenvalue weighted by molar-refractivity contribution is 7.96. The minimum Gasteiger partial charge on any atom is -0.161 e. The Labute approximate surface area is 171 Å². The second kappa shape index (κ2) is 7.89. The molecule has 0 nitrogen and oxygen atoms in total. The quantitative estimate of drug-likeness (QED) is 0.357. The Bertz CT molecular complexity index is 963. The van der Waals surface area contributed by atoms with Crippen LogP contribution in [0, 0.1) is 6.92 Å². The van der Waals surface area contributed by atoms with Crippen molar-refractivity contribution in [2.45, 2.75) is 12.6 Å². The molecule has 0 spiro atoms. The monoisotopic (exact) mass is 403 g/mol. The van der Waals surface area contributed by atoms with Gasteiger partial charge in [0.05, 0.1) is 5.56 Å². The molecule has 0 amide bonds. The fraction of sp³-hybridized carbons (Fsp3) is 0.0769. The van der Waals surface area contributed by atoms with Crippen LogP contribution < -0.4 is 15.9 Å². The zero-order chi connectivity index (χ0) is 20.3. The van der Waals surface area contributed by atoms with Gasteiger partial charge < -0.3 is 0 Å². The molecule has 0 saturated heterocycles. The molecule has 0 aliphatic rings. The van der Waals surface area contributed by atoms with E-state index in [9.17, 15) is 0 Å². The van der Waals surface area contributed by atoms with Crippen molar-refractivity contribution in [1.82, 2.24) is 0 Å². The van der Waals surface area contributed by atoms with Crippen molar-refractivity contribution < 1.29 is 8.78 Å². The zero-order valence-electron chi connectivity index (χ0n) is 16.2. The summed E-state index contributed by atoms with van der Waals surface area (Å²) >= 11 is 0. The Balaban J connectivity index is 2.12. The molecule has 0 atom stereocenters. The van der Waals surface area contributed by atoms with Gasteiger partial charge in [0.1, 0.15) is 15.9 Å². The van der Waals surface area contributed by atoms with Gasteiger partial charge in [-0.05, 0) is 55.5 Å². The van der Waals surface area contributed by atoms with Gasteiger partial charge in [0.15, 0.2) is 7.26 Å². The first-order valence-corrected chi connectivity index (χ1v) is 11.4. The van der Waals surface area contributed by atoms with Gasteiger partial charge in [-0.1, -0.05) is 72.3 Å². The van der Waals surface area contributed by atoms with E-state index in [-0.39, 0.29) is 5.56 Å². The van der Waals surface area contributed by atoms with Crippen molar-refractivity contribution in [3.8, 4) is 0 Å². The highest BCUT2D eigenvalue weighted by atomic mass is 31.2. The normalized spacial score (nSPS) is 12.0. The third-order valence-corrected chi connectivity index (χ3v) is 9.57. The van der Waals surface area contributed by atoms with Crippen LogP contribution in [0.5, 0.6) is 0 Å². The molecule has 144 valence electrons.